The maximum atomic E-state index is 12.5. The first kappa shape index (κ1) is 10.8. The van der Waals surface area contributed by atoms with Crippen molar-refractivity contribution in [3.63, 3.8) is 0 Å². The normalized spacial score (nSPS) is 25.5. The molecule has 1 aliphatic heterocycles. The van der Waals surface area contributed by atoms with E-state index in [0.29, 0.717) is 0 Å². The molecule has 13 heavy (non-hydrogen) atoms. The van der Waals surface area contributed by atoms with Gasteiger partial charge in [-0.05, 0) is 30.3 Å². The van der Waals surface area contributed by atoms with Gasteiger partial charge in [0, 0.05) is 5.92 Å². The van der Waals surface area contributed by atoms with Crippen LogP contribution in [0.25, 0.3) is 0 Å². The molecule has 0 aliphatic carbocycles. The minimum absolute atomic E-state index is 0.0122. The summed E-state index contributed by atoms with van der Waals surface area (Å²) >= 11 is 1.81. The molecule has 0 spiro atoms. The molecule has 0 saturated carbocycles. The van der Waals surface area contributed by atoms with E-state index in [-0.39, 0.29) is 18.3 Å². The Morgan fingerprint density at radius 1 is 1.69 bits per heavy atom. The van der Waals surface area contributed by atoms with Crippen molar-refractivity contribution in [2.45, 2.75) is 19.3 Å². The van der Waals surface area contributed by atoms with E-state index in [1.54, 1.807) is 0 Å². The lowest BCUT2D eigenvalue weighted by molar-refractivity contribution is -0.138. The number of hydrogen-bond acceptors (Lipinski definition) is 2. The Hall–Kier alpha value is -0.250. The Morgan fingerprint density at radius 2 is 2.46 bits per heavy atom. The van der Waals surface area contributed by atoms with Gasteiger partial charge in [-0.2, -0.15) is 11.8 Å². The Bertz CT molecular complexity index is 169. The van der Waals surface area contributed by atoms with Crippen molar-refractivity contribution < 1.29 is 14.3 Å². The molecule has 0 aromatic rings. The maximum Gasteiger partial charge on any atom is 0.303 e. The number of thioether (sulfide) groups is 1. The number of carbonyl (C=O) groups is 1. The van der Waals surface area contributed by atoms with Crippen LogP contribution in [0.1, 0.15) is 19.3 Å². The van der Waals surface area contributed by atoms with Crippen LogP contribution in [-0.4, -0.2) is 29.3 Å². The minimum atomic E-state index is -0.877. The van der Waals surface area contributed by atoms with Gasteiger partial charge >= 0.3 is 5.97 Å². The molecule has 0 radical (unpaired) electrons. The predicted molar refractivity (Wildman–Crippen MR) is 51.8 cm³/mol. The summed E-state index contributed by atoms with van der Waals surface area (Å²) in [5.74, 6) is 1.22. The number of rotatable bonds is 4. The highest BCUT2D eigenvalue weighted by molar-refractivity contribution is 7.99. The van der Waals surface area contributed by atoms with Crippen LogP contribution >= 0.6 is 11.8 Å². The Kier molecular flexibility index (Phi) is 4.56. The average molecular weight is 206 g/mol. The van der Waals surface area contributed by atoms with Crippen LogP contribution in [0.3, 0.4) is 0 Å². The molecule has 1 aliphatic rings. The summed E-state index contributed by atoms with van der Waals surface area (Å²) in [7, 11) is 0. The summed E-state index contributed by atoms with van der Waals surface area (Å²) in [5.41, 5.74) is 0. The summed E-state index contributed by atoms with van der Waals surface area (Å²) in [6.45, 7) is -0.489. The van der Waals surface area contributed by atoms with Crippen molar-refractivity contribution in [1.29, 1.82) is 0 Å². The lowest BCUT2D eigenvalue weighted by Crippen LogP contribution is -2.24. The molecule has 2 nitrogen and oxygen atoms in total. The van der Waals surface area contributed by atoms with Gasteiger partial charge in [0.2, 0.25) is 0 Å². The predicted octanol–water partition coefficient (Wildman–Crippen LogP) is 2.19. The first-order chi connectivity index (χ1) is 6.24. The van der Waals surface area contributed by atoms with Gasteiger partial charge in [0.1, 0.15) is 0 Å². The van der Waals surface area contributed by atoms with E-state index in [9.17, 15) is 9.18 Å². The zero-order valence-corrected chi connectivity index (χ0v) is 8.36. The molecule has 0 amide bonds. The molecule has 2 atom stereocenters. The van der Waals surface area contributed by atoms with Gasteiger partial charge in [0.05, 0.1) is 13.1 Å². The van der Waals surface area contributed by atoms with Crippen LogP contribution in [0.2, 0.25) is 0 Å². The van der Waals surface area contributed by atoms with Crippen molar-refractivity contribution in [1.82, 2.24) is 0 Å². The minimum Gasteiger partial charge on any atom is -0.481 e. The van der Waals surface area contributed by atoms with E-state index in [4.69, 9.17) is 5.11 Å². The standard InChI is InChI=1S/C9H15FO2S/c10-5-8(4-9(11)12)7-2-1-3-13-6-7/h7-8H,1-6H2,(H,11,12). The van der Waals surface area contributed by atoms with Crippen molar-refractivity contribution in [2.75, 3.05) is 18.2 Å². The fourth-order valence-corrected chi connectivity index (χ4v) is 2.99. The molecule has 0 bridgehead atoms. The molecule has 1 saturated heterocycles. The van der Waals surface area contributed by atoms with E-state index < -0.39 is 12.6 Å². The van der Waals surface area contributed by atoms with Crippen LogP contribution < -0.4 is 0 Å². The maximum absolute atomic E-state index is 12.5. The summed E-state index contributed by atoms with van der Waals surface area (Å²) in [6.07, 6.45) is 2.09. The van der Waals surface area contributed by atoms with Crippen LogP contribution in [0.15, 0.2) is 0 Å². The first-order valence-corrected chi connectivity index (χ1v) is 5.75. The summed E-state index contributed by atoms with van der Waals surface area (Å²) in [4.78, 5) is 10.4. The average Bonchev–Trinajstić information content (AvgIpc) is 2.15. The third-order valence-corrected chi connectivity index (χ3v) is 3.74. The van der Waals surface area contributed by atoms with Gasteiger partial charge in [-0.1, -0.05) is 0 Å². The molecule has 4 heteroatoms. The lowest BCUT2D eigenvalue weighted by atomic mass is 9.88. The van der Waals surface area contributed by atoms with E-state index in [1.165, 1.54) is 0 Å². The summed E-state index contributed by atoms with van der Waals surface area (Å²) in [5, 5.41) is 8.57. The molecule has 0 aromatic carbocycles. The van der Waals surface area contributed by atoms with Gasteiger partial charge in [0.15, 0.2) is 0 Å². The highest BCUT2D eigenvalue weighted by Gasteiger charge is 2.25. The molecule has 1 heterocycles. The van der Waals surface area contributed by atoms with Crippen molar-refractivity contribution in [2.24, 2.45) is 11.8 Å². The number of halogens is 1. The van der Waals surface area contributed by atoms with Crippen molar-refractivity contribution in [3.05, 3.63) is 0 Å². The molecule has 2 unspecified atom stereocenters. The largest absolute Gasteiger partial charge is 0.481 e. The summed E-state index contributed by atoms with van der Waals surface area (Å²) < 4.78 is 12.5. The van der Waals surface area contributed by atoms with Crippen LogP contribution in [0.4, 0.5) is 4.39 Å². The molecule has 1 rings (SSSR count). The van der Waals surface area contributed by atoms with E-state index >= 15 is 0 Å². The lowest BCUT2D eigenvalue weighted by Gasteiger charge is -2.26. The quantitative estimate of drug-likeness (QED) is 0.766. The molecular formula is C9H15FO2S. The third kappa shape index (κ3) is 3.55. The fourth-order valence-electron chi connectivity index (χ4n) is 1.71. The van der Waals surface area contributed by atoms with E-state index in [2.05, 4.69) is 0 Å². The number of hydrogen-bond donors (Lipinski definition) is 1. The molecule has 0 aromatic heterocycles. The first-order valence-electron chi connectivity index (χ1n) is 4.59. The number of carboxylic acid groups (broad SMARTS) is 1. The molecule has 1 N–H and O–H groups in total. The zero-order valence-electron chi connectivity index (χ0n) is 7.54. The number of carboxylic acids is 1. The van der Waals surface area contributed by atoms with E-state index in [0.717, 1.165) is 24.3 Å². The Balaban J connectivity index is 2.39. The van der Waals surface area contributed by atoms with Crippen LogP contribution in [0, 0.1) is 11.8 Å². The molecule has 76 valence electrons. The second kappa shape index (κ2) is 5.47. The highest BCUT2D eigenvalue weighted by atomic mass is 32.2. The SMILES string of the molecule is O=C(O)CC(CF)C1CCCSC1. The van der Waals surface area contributed by atoms with Crippen molar-refractivity contribution in [3.8, 4) is 0 Å². The molecular weight excluding hydrogens is 191 g/mol. The smallest absolute Gasteiger partial charge is 0.303 e. The van der Waals surface area contributed by atoms with Crippen LogP contribution in [0.5, 0.6) is 0 Å². The number of aliphatic carboxylic acids is 1. The van der Waals surface area contributed by atoms with Crippen molar-refractivity contribution >= 4 is 17.7 Å². The summed E-state index contributed by atoms with van der Waals surface area (Å²) in [6, 6.07) is 0. The zero-order chi connectivity index (χ0) is 9.68. The Labute approximate surface area is 81.9 Å². The molecule has 1 fully saturated rings. The van der Waals surface area contributed by atoms with Gasteiger partial charge < -0.3 is 5.11 Å². The third-order valence-electron chi connectivity index (χ3n) is 2.50. The van der Waals surface area contributed by atoms with Gasteiger partial charge in [-0.15, -0.1) is 0 Å². The van der Waals surface area contributed by atoms with Gasteiger partial charge in [-0.25, -0.2) is 0 Å². The monoisotopic (exact) mass is 206 g/mol. The van der Waals surface area contributed by atoms with Crippen LogP contribution in [-0.2, 0) is 4.79 Å². The topological polar surface area (TPSA) is 37.3 Å². The second-order valence-electron chi connectivity index (χ2n) is 3.49. The van der Waals surface area contributed by atoms with Gasteiger partial charge in [-0.3, -0.25) is 9.18 Å². The second-order valence-corrected chi connectivity index (χ2v) is 4.64. The number of alkyl halides is 1. The highest BCUT2D eigenvalue weighted by Crippen LogP contribution is 2.30. The van der Waals surface area contributed by atoms with Gasteiger partial charge in [0.25, 0.3) is 0 Å². The Morgan fingerprint density at radius 3 is 2.92 bits per heavy atom. The van der Waals surface area contributed by atoms with E-state index in [1.807, 2.05) is 11.8 Å². The fraction of sp³-hybridized carbons (Fsp3) is 0.889.